The molecule has 7 unspecified atom stereocenters. The van der Waals surface area contributed by atoms with Gasteiger partial charge >= 0.3 is 0 Å². The topological polar surface area (TPSA) is 0 Å². The third-order valence-corrected chi connectivity index (χ3v) is 8.44. The summed E-state index contributed by atoms with van der Waals surface area (Å²) >= 11 is 0. The monoisotopic (exact) mass is 316 g/mol. The second-order valence-corrected chi connectivity index (χ2v) is 9.36. The Morgan fingerprint density at radius 3 is 2.43 bits per heavy atom. The van der Waals surface area contributed by atoms with E-state index in [-0.39, 0.29) is 0 Å². The molecule has 0 aliphatic heterocycles. The zero-order valence-corrected chi connectivity index (χ0v) is 16.0. The quantitative estimate of drug-likeness (QED) is 0.453. The van der Waals surface area contributed by atoms with E-state index in [9.17, 15) is 0 Å². The first kappa shape index (κ1) is 17.6. The van der Waals surface area contributed by atoms with Crippen LogP contribution in [0.5, 0.6) is 0 Å². The summed E-state index contributed by atoms with van der Waals surface area (Å²) in [6.45, 7) is 11.5. The lowest BCUT2D eigenvalue weighted by Gasteiger charge is -2.55. The van der Waals surface area contributed by atoms with Crippen molar-refractivity contribution in [2.45, 2.75) is 91.4 Å². The first-order chi connectivity index (χ1) is 11.2. The van der Waals surface area contributed by atoms with Gasteiger partial charge in [0.15, 0.2) is 0 Å². The Labute approximate surface area is 145 Å². The van der Waals surface area contributed by atoms with Gasteiger partial charge in [-0.05, 0) is 85.9 Å². The Morgan fingerprint density at radius 1 is 0.957 bits per heavy atom. The molecule has 3 rings (SSSR count). The molecule has 0 saturated heterocycles. The van der Waals surface area contributed by atoms with Crippen molar-refractivity contribution in [3.8, 4) is 0 Å². The molecule has 23 heavy (non-hydrogen) atoms. The van der Waals surface area contributed by atoms with E-state index in [1.807, 2.05) is 0 Å². The average molecular weight is 317 g/mol. The Hall–Kier alpha value is -0.260. The van der Waals surface area contributed by atoms with Crippen LogP contribution in [0.3, 0.4) is 0 Å². The van der Waals surface area contributed by atoms with Gasteiger partial charge in [-0.2, -0.15) is 0 Å². The van der Waals surface area contributed by atoms with Crippen molar-refractivity contribution in [3.63, 3.8) is 0 Å². The van der Waals surface area contributed by atoms with Crippen LogP contribution in [-0.4, -0.2) is 0 Å². The van der Waals surface area contributed by atoms with Crippen molar-refractivity contribution < 1.29 is 0 Å². The Balaban J connectivity index is 1.78. The summed E-state index contributed by atoms with van der Waals surface area (Å²) in [6, 6.07) is 0. The average Bonchev–Trinajstić information content (AvgIpc) is 2.87. The minimum atomic E-state index is 0.694. The van der Waals surface area contributed by atoms with Crippen LogP contribution in [0.1, 0.15) is 91.4 Å². The Bertz CT molecular complexity index is 397. The fourth-order valence-electron chi connectivity index (χ4n) is 7.46. The molecular formula is C23H40. The molecule has 7 atom stereocenters. The van der Waals surface area contributed by atoms with Gasteiger partial charge in [-0.1, -0.05) is 52.5 Å². The fraction of sp³-hybridized carbons (Fsp3) is 0.913. The molecule has 0 N–H and O–H groups in total. The van der Waals surface area contributed by atoms with Crippen LogP contribution in [0.2, 0.25) is 0 Å². The van der Waals surface area contributed by atoms with Crippen molar-refractivity contribution in [3.05, 3.63) is 12.7 Å². The van der Waals surface area contributed by atoms with Crippen LogP contribution in [0, 0.1) is 40.9 Å². The summed E-state index contributed by atoms with van der Waals surface area (Å²) in [5.41, 5.74) is 0.694. The van der Waals surface area contributed by atoms with Crippen LogP contribution >= 0.6 is 0 Å². The molecule has 3 fully saturated rings. The normalized spacial score (nSPS) is 46.2. The van der Waals surface area contributed by atoms with Gasteiger partial charge in [0.2, 0.25) is 0 Å². The van der Waals surface area contributed by atoms with Crippen molar-refractivity contribution in [1.29, 1.82) is 0 Å². The number of rotatable bonds is 6. The van der Waals surface area contributed by atoms with Gasteiger partial charge in [0, 0.05) is 0 Å². The standard InChI is InChI=1S/C23H40/c1-5-8-17-11-13-21-20(19(17)10-7-3)15-16-23(4)18(9-6-2)12-14-22(21)23/h5,17-22H,1,6-16H2,2-4H3. The minimum absolute atomic E-state index is 0.694. The van der Waals surface area contributed by atoms with Crippen LogP contribution in [0.4, 0.5) is 0 Å². The van der Waals surface area contributed by atoms with E-state index in [4.69, 9.17) is 0 Å². The van der Waals surface area contributed by atoms with E-state index in [1.165, 1.54) is 64.2 Å². The van der Waals surface area contributed by atoms with E-state index in [0.29, 0.717) is 5.41 Å². The van der Waals surface area contributed by atoms with Crippen molar-refractivity contribution in [1.82, 2.24) is 0 Å². The minimum Gasteiger partial charge on any atom is -0.103 e. The van der Waals surface area contributed by atoms with Gasteiger partial charge in [0.1, 0.15) is 0 Å². The molecule has 0 aromatic rings. The predicted octanol–water partition coefficient (Wildman–Crippen LogP) is 7.25. The molecular weight excluding hydrogens is 276 g/mol. The second kappa shape index (κ2) is 7.32. The predicted molar refractivity (Wildman–Crippen MR) is 101 cm³/mol. The molecule has 0 radical (unpaired) electrons. The molecule has 0 heteroatoms. The molecule has 0 aromatic carbocycles. The summed E-state index contributed by atoms with van der Waals surface area (Å²) in [5.74, 6) is 6.16. The highest BCUT2D eigenvalue weighted by molar-refractivity contribution is 5.05. The molecule has 132 valence electrons. The van der Waals surface area contributed by atoms with Crippen LogP contribution in [0.25, 0.3) is 0 Å². The zero-order valence-electron chi connectivity index (χ0n) is 16.0. The van der Waals surface area contributed by atoms with E-state index >= 15 is 0 Å². The first-order valence-corrected chi connectivity index (χ1v) is 10.8. The highest BCUT2D eigenvalue weighted by Crippen LogP contribution is 2.64. The Kier molecular flexibility index (Phi) is 5.59. The maximum atomic E-state index is 4.05. The zero-order chi connectivity index (χ0) is 16.4. The summed E-state index contributed by atoms with van der Waals surface area (Å²) in [6.07, 6.45) is 18.4. The Morgan fingerprint density at radius 2 is 1.74 bits per heavy atom. The summed E-state index contributed by atoms with van der Waals surface area (Å²) < 4.78 is 0. The molecule has 0 aromatic heterocycles. The third kappa shape index (κ3) is 3.05. The van der Waals surface area contributed by atoms with E-state index in [1.54, 1.807) is 6.42 Å². The van der Waals surface area contributed by atoms with Gasteiger partial charge < -0.3 is 0 Å². The number of fused-ring (bicyclic) bond motifs is 3. The number of hydrogen-bond acceptors (Lipinski definition) is 0. The van der Waals surface area contributed by atoms with Crippen LogP contribution in [0.15, 0.2) is 12.7 Å². The number of hydrogen-bond donors (Lipinski definition) is 0. The molecule has 0 spiro atoms. The lowest BCUT2D eigenvalue weighted by molar-refractivity contribution is -0.0545. The summed E-state index contributed by atoms with van der Waals surface area (Å²) in [4.78, 5) is 0. The molecule has 3 aliphatic rings. The van der Waals surface area contributed by atoms with Crippen molar-refractivity contribution >= 4 is 0 Å². The van der Waals surface area contributed by atoms with Crippen LogP contribution in [-0.2, 0) is 0 Å². The van der Waals surface area contributed by atoms with E-state index < -0.39 is 0 Å². The summed E-state index contributed by atoms with van der Waals surface area (Å²) in [5, 5.41) is 0. The van der Waals surface area contributed by atoms with Crippen molar-refractivity contribution in [2.24, 2.45) is 40.9 Å². The van der Waals surface area contributed by atoms with Gasteiger partial charge in [-0.15, -0.1) is 6.58 Å². The number of allylic oxidation sites excluding steroid dienone is 1. The third-order valence-electron chi connectivity index (χ3n) is 8.44. The molecule has 0 nitrogen and oxygen atoms in total. The lowest BCUT2D eigenvalue weighted by atomic mass is 9.50. The van der Waals surface area contributed by atoms with E-state index in [0.717, 1.165) is 35.5 Å². The van der Waals surface area contributed by atoms with Crippen molar-refractivity contribution in [2.75, 3.05) is 0 Å². The lowest BCUT2D eigenvalue weighted by Crippen LogP contribution is -2.47. The summed E-state index contributed by atoms with van der Waals surface area (Å²) in [7, 11) is 0. The molecule has 3 saturated carbocycles. The van der Waals surface area contributed by atoms with Gasteiger partial charge in [-0.3, -0.25) is 0 Å². The largest absolute Gasteiger partial charge is 0.103 e. The highest BCUT2D eigenvalue weighted by Gasteiger charge is 2.55. The molecule has 0 amide bonds. The second-order valence-electron chi connectivity index (χ2n) is 9.36. The SMILES string of the molecule is C=CCC1CCC2C(CCC3(C)C(CCC)CCC23)C1CCC. The van der Waals surface area contributed by atoms with Gasteiger partial charge in [-0.25, -0.2) is 0 Å². The van der Waals surface area contributed by atoms with Gasteiger partial charge in [0.05, 0.1) is 0 Å². The van der Waals surface area contributed by atoms with Gasteiger partial charge in [0.25, 0.3) is 0 Å². The maximum Gasteiger partial charge on any atom is -0.0266 e. The highest BCUT2D eigenvalue weighted by atomic mass is 14.6. The molecule has 0 bridgehead atoms. The smallest absolute Gasteiger partial charge is 0.0266 e. The fourth-order valence-corrected chi connectivity index (χ4v) is 7.46. The first-order valence-electron chi connectivity index (χ1n) is 10.8. The maximum absolute atomic E-state index is 4.05. The van der Waals surface area contributed by atoms with E-state index in [2.05, 4.69) is 33.4 Å². The molecule has 3 aliphatic carbocycles. The molecule has 0 heterocycles. The van der Waals surface area contributed by atoms with Crippen LogP contribution < -0.4 is 0 Å².